The van der Waals surface area contributed by atoms with E-state index in [1.165, 1.54) is 13.1 Å². The zero-order chi connectivity index (χ0) is 20.4. The SMILES string of the molecule is CN(/N=C1/CCCC(=O)C1C(=O)c1ccc(F)cc1Cl)C(=O)OC(C)(C)C. The van der Waals surface area contributed by atoms with Gasteiger partial charge in [0.15, 0.2) is 5.78 Å². The number of amides is 1. The number of ketones is 2. The van der Waals surface area contributed by atoms with Gasteiger partial charge >= 0.3 is 6.09 Å². The van der Waals surface area contributed by atoms with Crippen molar-refractivity contribution < 1.29 is 23.5 Å². The van der Waals surface area contributed by atoms with Crippen molar-refractivity contribution in [2.75, 3.05) is 7.05 Å². The molecule has 6 nitrogen and oxygen atoms in total. The number of carbonyl (C=O) groups is 3. The molecule has 1 aliphatic carbocycles. The predicted molar refractivity (Wildman–Crippen MR) is 99.5 cm³/mol. The van der Waals surface area contributed by atoms with Crippen molar-refractivity contribution in [2.24, 2.45) is 11.0 Å². The Morgan fingerprint density at radius 1 is 1.30 bits per heavy atom. The molecule has 0 radical (unpaired) electrons. The average Bonchev–Trinajstić information content (AvgIpc) is 2.52. The fraction of sp³-hybridized carbons (Fsp3) is 0.474. The van der Waals surface area contributed by atoms with Gasteiger partial charge in [0, 0.05) is 19.0 Å². The molecule has 0 saturated heterocycles. The van der Waals surface area contributed by atoms with E-state index in [-0.39, 0.29) is 28.5 Å². The van der Waals surface area contributed by atoms with Crippen LogP contribution in [0.3, 0.4) is 0 Å². The van der Waals surface area contributed by atoms with E-state index in [0.29, 0.717) is 12.8 Å². The number of Topliss-reactive ketones (excluding diaryl/α,β-unsaturated/α-hetero) is 2. The minimum absolute atomic E-state index is 0.0472. The maximum Gasteiger partial charge on any atom is 0.430 e. The third-order valence-corrected chi connectivity index (χ3v) is 4.22. The molecule has 1 amide bonds. The van der Waals surface area contributed by atoms with Crippen molar-refractivity contribution in [1.82, 2.24) is 5.01 Å². The fourth-order valence-electron chi connectivity index (χ4n) is 2.73. The topological polar surface area (TPSA) is 76.0 Å². The van der Waals surface area contributed by atoms with Gasteiger partial charge in [-0.25, -0.2) is 14.2 Å². The van der Waals surface area contributed by atoms with Crippen molar-refractivity contribution in [3.63, 3.8) is 0 Å². The number of hydrogen-bond acceptors (Lipinski definition) is 5. The van der Waals surface area contributed by atoms with Crippen LogP contribution in [0.15, 0.2) is 23.3 Å². The van der Waals surface area contributed by atoms with E-state index in [4.69, 9.17) is 16.3 Å². The molecule has 2 rings (SSSR count). The number of ether oxygens (including phenoxy) is 1. The van der Waals surface area contributed by atoms with Crippen LogP contribution in [0.4, 0.5) is 9.18 Å². The Balaban J connectivity index is 2.32. The summed E-state index contributed by atoms with van der Waals surface area (Å²) >= 11 is 5.97. The second kappa shape index (κ2) is 8.17. The largest absolute Gasteiger partial charge is 0.442 e. The van der Waals surface area contributed by atoms with Crippen molar-refractivity contribution in [3.05, 3.63) is 34.6 Å². The van der Waals surface area contributed by atoms with Gasteiger partial charge in [0.2, 0.25) is 0 Å². The van der Waals surface area contributed by atoms with E-state index < -0.39 is 29.2 Å². The number of hydrogen-bond donors (Lipinski definition) is 0. The maximum atomic E-state index is 13.3. The Bertz CT molecular complexity index is 801. The Morgan fingerprint density at radius 3 is 2.56 bits per heavy atom. The van der Waals surface area contributed by atoms with E-state index >= 15 is 0 Å². The summed E-state index contributed by atoms with van der Waals surface area (Å²) in [4.78, 5) is 37.4. The Hall–Kier alpha value is -2.28. The van der Waals surface area contributed by atoms with Gasteiger partial charge in [-0.3, -0.25) is 9.59 Å². The minimum atomic E-state index is -1.15. The lowest BCUT2D eigenvalue weighted by molar-refractivity contribution is -0.120. The van der Waals surface area contributed by atoms with Crippen LogP contribution in [0.25, 0.3) is 0 Å². The van der Waals surface area contributed by atoms with Gasteiger partial charge in [-0.05, 0) is 51.8 Å². The zero-order valence-electron chi connectivity index (χ0n) is 15.7. The molecule has 0 heterocycles. The molecule has 1 unspecified atom stereocenters. The molecule has 0 aliphatic heterocycles. The summed E-state index contributed by atoms with van der Waals surface area (Å²) in [5.41, 5.74) is -0.388. The number of halogens is 2. The lowest BCUT2D eigenvalue weighted by atomic mass is 9.81. The number of carbonyl (C=O) groups excluding carboxylic acids is 3. The van der Waals surface area contributed by atoms with Crippen LogP contribution in [0.1, 0.15) is 50.4 Å². The first kappa shape index (κ1) is 21.0. The van der Waals surface area contributed by atoms with Gasteiger partial charge in [0.05, 0.1) is 10.7 Å². The standard InChI is InChI=1S/C19H22ClFN2O4/c1-19(2,3)27-18(26)23(4)22-14-6-5-7-15(24)16(14)17(25)12-9-8-11(21)10-13(12)20/h8-10,16H,5-7H2,1-4H3/b22-14-. The average molecular weight is 397 g/mol. The van der Waals surface area contributed by atoms with Crippen LogP contribution in [0, 0.1) is 11.7 Å². The number of benzene rings is 1. The van der Waals surface area contributed by atoms with Gasteiger partial charge in [-0.15, -0.1) is 0 Å². The first-order valence-corrected chi connectivity index (χ1v) is 8.93. The van der Waals surface area contributed by atoms with Gasteiger partial charge in [-0.2, -0.15) is 5.10 Å². The molecule has 146 valence electrons. The molecule has 1 aromatic carbocycles. The van der Waals surface area contributed by atoms with E-state index in [2.05, 4.69) is 5.10 Å². The summed E-state index contributed by atoms with van der Waals surface area (Å²) in [5.74, 6) is -2.58. The highest BCUT2D eigenvalue weighted by molar-refractivity contribution is 6.36. The van der Waals surface area contributed by atoms with Crippen LogP contribution in [0.2, 0.25) is 5.02 Å². The molecule has 0 bridgehead atoms. The predicted octanol–water partition coefficient (Wildman–Crippen LogP) is 4.25. The summed E-state index contributed by atoms with van der Waals surface area (Å²) in [5, 5.41) is 5.07. The molecule has 1 saturated carbocycles. The summed E-state index contributed by atoms with van der Waals surface area (Å²) in [6.07, 6.45) is 0.443. The second-order valence-electron chi connectivity index (χ2n) is 7.34. The summed E-state index contributed by atoms with van der Waals surface area (Å²) in [7, 11) is 1.40. The van der Waals surface area contributed by atoms with Crippen molar-refractivity contribution in [1.29, 1.82) is 0 Å². The van der Waals surface area contributed by atoms with Crippen molar-refractivity contribution in [2.45, 2.75) is 45.6 Å². The first-order valence-electron chi connectivity index (χ1n) is 8.55. The number of nitrogens with zero attached hydrogens (tertiary/aromatic N) is 2. The van der Waals surface area contributed by atoms with E-state index in [0.717, 1.165) is 17.1 Å². The molecule has 1 atom stereocenters. The lowest BCUT2D eigenvalue weighted by Gasteiger charge is -2.26. The van der Waals surface area contributed by atoms with Crippen LogP contribution >= 0.6 is 11.6 Å². The molecule has 27 heavy (non-hydrogen) atoms. The third-order valence-electron chi connectivity index (χ3n) is 3.91. The van der Waals surface area contributed by atoms with Crippen molar-refractivity contribution in [3.8, 4) is 0 Å². The normalized spacial score (nSPS) is 19.1. The Kier molecular flexibility index (Phi) is 6.36. The van der Waals surface area contributed by atoms with Crippen LogP contribution in [-0.2, 0) is 9.53 Å². The fourth-order valence-corrected chi connectivity index (χ4v) is 2.99. The monoisotopic (exact) mass is 396 g/mol. The Morgan fingerprint density at radius 2 is 1.96 bits per heavy atom. The molecule has 1 aromatic rings. The van der Waals surface area contributed by atoms with Crippen molar-refractivity contribution >= 4 is 35.0 Å². The number of rotatable bonds is 3. The maximum absolute atomic E-state index is 13.3. The highest BCUT2D eigenvalue weighted by Crippen LogP contribution is 2.27. The molecule has 1 fully saturated rings. The smallest absolute Gasteiger partial charge is 0.430 e. The molecule has 0 spiro atoms. The third kappa shape index (κ3) is 5.35. The minimum Gasteiger partial charge on any atom is -0.442 e. The molecular weight excluding hydrogens is 375 g/mol. The Labute approximate surface area is 162 Å². The molecular formula is C19H22ClFN2O4. The summed E-state index contributed by atoms with van der Waals surface area (Å²) in [6, 6.07) is 3.37. The van der Waals surface area contributed by atoms with Gasteiger partial charge in [0.25, 0.3) is 0 Å². The zero-order valence-corrected chi connectivity index (χ0v) is 16.5. The van der Waals surface area contributed by atoms with E-state index in [1.54, 1.807) is 20.8 Å². The van der Waals surface area contributed by atoms with E-state index in [9.17, 15) is 18.8 Å². The van der Waals surface area contributed by atoms with Crippen LogP contribution < -0.4 is 0 Å². The van der Waals surface area contributed by atoms with Crippen LogP contribution in [-0.4, -0.2) is 41.0 Å². The molecule has 0 aromatic heterocycles. The van der Waals surface area contributed by atoms with Crippen LogP contribution in [0.5, 0.6) is 0 Å². The molecule has 8 heteroatoms. The highest BCUT2D eigenvalue weighted by Gasteiger charge is 2.36. The highest BCUT2D eigenvalue weighted by atomic mass is 35.5. The van der Waals surface area contributed by atoms with Gasteiger partial charge < -0.3 is 4.74 Å². The molecule has 0 N–H and O–H groups in total. The second-order valence-corrected chi connectivity index (χ2v) is 7.74. The quantitative estimate of drug-likeness (QED) is 0.434. The number of hydrazone groups is 1. The molecule has 1 aliphatic rings. The first-order chi connectivity index (χ1) is 12.5. The lowest BCUT2D eigenvalue weighted by Crippen LogP contribution is -2.38. The summed E-state index contributed by atoms with van der Waals surface area (Å²) in [6.45, 7) is 5.16. The summed E-state index contributed by atoms with van der Waals surface area (Å²) < 4.78 is 18.5. The van der Waals surface area contributed by atoms with Gasteiger partial charge in [0.1, 0.15) is 23.1 Å². The van der Waals surface area contributed by atoms with E-state index in [1.807, 2.05) is 0 Å². The van der Waals surface area contributed by atoms with Gasteiger partial charge in [-0.1, -0.05) is 11.6 Å².